The van der Waals surface area contributed by atoms with Crippen molar-refractivity contribution in [1.29, 1.82) is 5.26 Å². The molecular weight excluding hydrogens is 270 g/mol. The Kier molecular flexibility index (Phi) is 3.34. The summed E-state index contributed by atoms with van der Waals surface area (Å²) in [5, 5.41) is 9.31. The number of carbonyl (C=O) groups is 2. The second-order valence-corrected chi connectivity index (χ2v) is 5.41. The number of hydrogen-bond acceptors (Lipinski definition) is 6. The lowest BCUT2D eigenvalue weighted by molar-refractivity contribution is -0.111. The van der Waals surface area contributed by atoms with Gasteiger partial charge in [-0.05, 0) is 25.8 Å². The minimum atomic E-state index is -0.423. The first-order valence-electron chi connectivity index (χ1n) is 7.00. The van der Waals surface area contributed by atoms with Gasteiger partial charge in [0.2, 0.25) is 0 Å². The van der Waals surface area contributed by atoms with Crippen LogP contribution >= 0.6 is 0 Å². The first-order valence-corrected chi connectivity index (χ1v) is 7.00. The number of nitriles is 1. The van der Waals surface area contributed by atoms with E-state index in [0.717, 1.165) is 19.1 Å². The van der Waals surface area contributed by atoms with Crippen molar-refractivity contribution < 1.29 is 14.3 Å². The number of pyridine rings is 1. The van der Waals surface area contributed by atoms with Crippen LogP contribution in [0, 0.1) is 17.2 Å². The van der Waals surface area contributed by atoms with Crippen LogP contribution in [0.4, 0.5) is 5.82 Å². The smallest absolute Gasteiger partial charge is 0.340 e. The zero-order valence-corrected chi connectivity index (χ0v) is 11.7. The number of rotatable bonds is 2. The fraction of sp³-hybridized carbons (Fsp3) is 0.467. The van der Waals surface area contributed by atoms with E-state index in [0.29, 0.717) is 35.7 Å². The van der Waals surface area contributed by atoms with Crippen LogP contribution in [-0.2, 0) is 9.53 Å². The molecule has 0 saturated carbocycles. The number of cyclic esters (lactones) is 1. The molecule has 6 nitrogen and oxygen atoms in total. The molecule has 1 saturated heterocycles. The van der Waals surface area contributed by atoms with Crippen LogP contribution in [-0.4, -0.2) is 30.3 Å². The lowest BCUT2D eigenvalue weighted by Gasteiger charge is -2.31. The van der Waals surface area contributed by atoms with Crippen LogP contribution in [0.25, 0.3) is 0 Å². The minimum absolute atomic E-state index is 0.0880. The molecule has 2 aliphatic heterocycles. The molecule has 1 aromatic heterocycles. The van der Waals surface area contributed by atoms with E-state index < -0.39 is 5.97 Å². The van der Waals surface area contributed by atoms with Crippen molar-refractivity contribution >= 4 is 18.1 Å². The Hall–Kier alpha value is -2.42. The Morgan fingerprint density at radius 1 is 1.48 bits per heavy atom. The third kappa shape index (κ3) is 2.25. The lowest BCUT2D eigenvalue weighted by atomic mass is 9.98. The minimum Gasteiger partial charge on any atom is -0.452 e. The predicted octanol–water partition coefficient (Wildman–Crippen LogP) is 1.60. The normalized spacial score (nSPS) is 21.6. The zero-order valence-electron chi connectivity index (χ0n) is 11.7. The second-order valence-electron chi connectivity index (χ2n) is 5.41. The molecule has 3 rings (SSSR count). The lowest BCUT2D eigenvalue weighted by Crippen LogP contribution is -2.35. The van der Waals surface area contributed by atoms with Crippen LogP contribution in [0.1, 0.15) is 47.5 Å². The van der Waals surface area contributed by atoms with Crippen molar-refractivity contribution in [2.24, 2.45) is 5.92 Å². The van der Waals surface area contributed by atoms with Gasteiger partial charge in [0, 0.05) is 19.0 Å². The maximum Gasteiger partial charge on any atom is 0.340 e. The van der Waals surface area contributed by atoms with Gasteiger partial charge in [-0.25, -0.2) is 9.78 Å². The summed E-state index contributed by atoms with van der Waals surface area (Å²) in [4.78, 5) is 29.0. The highest BCUT2D eigenvalue weighted by atomic mass is 16.5. The van der Waals surface area contributed by atoms with Crippen molar-refractivity contribution in [2.75, 3.05) is 18.0 Å². The number of anilines is 1. The maximum absolute atomic E-state index is 11.7. The fourth-order valence-corrected chi connectivity index (χ4v) is 2.84. The molecular formula is C15H15N3O3. The van der Waals surface area contributed by atoms with Gasteiger partial charge in [0.15, 0.2) is 0 Å². The van der Waals surface area contributed by atoms with E-state index >= 15 is 0 Å². The summed E-state index contributed by atoms with van der Waals surface area (Å²) in [6.45, 7) is 3.14. The van der Waals surface area contributed by atoms with Gasteiger partial charge in [0.25, 0.3) is 0 Å². The number of ether oxygens (including phenoxy) is 1. The molecule has 0 N–H and O–H groups in total. The van der Waals surface area contributed by atoms with Gasteiger partial charge in [-0.15, -0.1) is 0 Å². The van der Waals surface area contributed by atoms with Gasteiger partial charge in [-0.2, -0.15) is 5.26 Å². The van der Waals surface area contributed by atoms with E-state index in [9.17, 15) is 14.9 Å². The third-order valence-electron chi connectivity index (χ3n) is 4.07. The van der Waals surface area contributed by atoms with E-state index in [1.807, 2.05) is 4.90 Å². The first-order chi connectivity index (χ1) is 10.1. The Bertz CT molecular complexity index is 642. The van der Waals surface area contributed by atoms with E-state index in [-0.39, 0.29) is 12.0 Å². The van der Waals surface area contributed by atoms with E-state index in [4.69, 9.17) is 4.74 Å². The van der Waals surface area contributed by atoms with Gasteiger partial charge in [0.05, 0.1) is 16.8 Å². The molecule has 0 spiro atoms. The van der Waals surface area contributed by atoms with Gasteiger partial charge in [-0.3, -0.25) is 0 Å². The number of aromatic nitrogens is 1. The Morgan fingerprint density at radius 2 is 2.19 bits per heavy atom. The average Bonchev–Trinajstić information content (AvgIpc) is 2.80. The van der Waals surface area contributed by atoms with Crippen molar-refractivity contribution in [3.63, 3.8) is 0 Å². The van der Waals surface area contributed by atoms with E-state index in [1.165, 1.54) is 0 Å². The highest BCUT2D eigenvalue weighted by Crippen LogP contribution is 2.33. The highest BCUT2D eigenvalue weighted by Gasteiger charge is 2.32. The number of aldehydes is 1. The molecule has 0 aromatic carbocycles. The third-order valence-corrected chi connectivity index (χ3v) is 4.07. The first kappa shape index (κ1) is 13.6. The molecule has 0 amide bonds. The number of fused-ring (bicyclic) bond motifs is 1. The molecule has 0 aliphatic carbocycles. The number of nitrogens with zero attached hydrogens (tertiary/aromatic N) is 3. The van der Waals surface area contributed by atoms with E-state index in [2.05, 4.69) is 11.1 Å². The molecule has 2 aliphatic rings. The summed E-state index contributed by atoms with van der Waals surface area (Å²) in [6, 6.07) is 3.67. The molecule has 0 radical (unpaired) electrons. The molecule has 1 unspecified atom stereocenters. The summed E-state index contributed by atoms with van der Waals surface area (Å²) < 4.78 is 5.13. The zero-order chi connectivity index (χ0) is 15.0. The molecule has 21 heavy (non-hydrogen) atoms. The van der Waals surface area contributed by atoms with Crippen LogP contribution in [0.15, 0.2) is 6.07 Å². The van der Waals surface area contributed by atoms with Crippen molar-refractivity contribution in [2.45, 2.75) is 25.9 Å². The Balaban J connectivity index is 1.96. The van der Waals surface area contributed by atoms with Crippen LogP contribution in [0.3, 0.4) is 0 Å². The monoisotopic (exact) mass is 285 g/mol. The fourth-order valence-electron chi connectivity index (χ4n) is 2.84. The summed E-state index contributed by atoms with van der Waals surface area (Å²) in [6.07, 6.45) is 2.13. The Morgan fingerprint density at radius 3 is 2.81 bits per heavy atom. The number of hydrogen-bond donors (Lipinski definition) is 0. The van der Waals surface area contributed by atoms with Gasteiger partial charge in [-0.1, -0.05) is 0 Å². The maximum atomic E-state index is 11.7. The summed E-state index contributed by atoms with van der Waals surface area (Å²) in [5.74, 6) is 0.253. The SMILES string of the molecule is CC1OC(=O)c2cc(C#N)c(N3CCC(C=O)CC3)nc21. The van der Waals surface area contributed by atoms with Crippen LogP contribution in [0.5, 0.6) is 0 Å². The molecule has 1 atom stereocenters. The van der Waals surface area contributed by atoms with Crippen molar-refractivity contribution in [3.05, 3.63) is 22.9 Å². The standard InChI is InChI=1S/C15H15N3O3/c1-9-13-12(15(20)21-9)6-11(7-16)14(17-13)18-4-2-10(8-19)3-5-18/h6,8-10H,2-5H2,1H3. The Labute approximate surface area is 122 Å². The van der Waals surface area contributed by atoms with Gasteiger partial charge >= 0.3 is 5.97 Å². The average molecular weight is 285 g/mol. The van der Waals surface area contributed by atoms with Gasteiger partial charge in [0.1, 0.15) is 24.3 Å². The number of esters is 1. The molecule has 3 heterocycles. The van der Waals surface area contributed by atoms with Crippen molar-refractivity contribution in [1.82, 2.24) is 4.98 Å². The predicted molar refractivity (Wildman–Crippen MR) is 73.8 cm³/mol. The second kappa shape index (κ2) is 5.17. The number of piperidine rings is 1. The van der Waals surface area contributed by atoms with Crippen LogP contribution in [0.2, 0.25) is 0 Å². The molecule has 108 valence electrons. The molecule has 1 aromatic rings. The molecule has 0 bridgehead atoms. The summed E-state index contributed by atoms with van der Waals surface area (Å²) in [7, 11) is 0. The number of carbonyl (C=O) groups excluding carboxylic acids is 2. The van der Waals surface area contributed by atoms with E-state index in [1.54, 1.807) is 13.0 Å². The summed E-state index contributed by atoms with van der Waals surface area (Å²) >= 11 is 0. The summed E-state index contributed by atoms with van der Waals surface area (Å²) in [5.41, 5.74) is 1.35. The topological polar surface area (TPSA) is 83.3 Å². The van der Waals surface area contributed by atoms with Crippen molar-refractivity contribution in [3.8, 4) is 6.07 Å². The highest BCUT2D eigenvalue weighted by molar-refractivity contribution is 5.94. The van der Waals surface area contributed by atoms with Gasteiger partial charge < -0.3 is 14.4 Å². The molecule has 6 heteroatoms. The quantitative estimate of drug-likeness (QED) is 0.606. The van der Waals surface area contributed by atoms with Crippen LogP contribution < -0.4 is 4.90 Å². The molecule has 1 fully saturated rings. The largest absolute Gasteiger partial charge is 0.452 e.